The monoisotopic (exact) mass is 1280 g/mol. The molecule has 0 amide bonds. The summed E-state index contributed by atoms with van der Waals surface area (Å²) in [6.07, 6.45) is 44.3. The van der Waals surface area contributed by atoms with Crippen LogP contribution in [0.5, 0.6) is 0 Å². The summed E-state index contributed by atoms with van der Waals surface area (Å²) >= 11 is 0. The molecule has 0 aromatic rings. The number of unbranched alkanes of at least 4 members (excludes halogenated alkanes) is 36. The highest BCUT2D eigenvalue weighted by molar-refractivity contribution is 7.47. The topological polar surface area (TPSA) is 237 Å². The number of phosphoric acid groups is 2. The zero-order valence-electron chi connectivity index (χ0n) is 56.3. The minimum atomic E-state index is -4.95. The van der Waals surface area contributed by atoms with E-state index >= 15 is 0 Å². The Kier molecular flexibility index (Phi) is 59.0. The molecule has 6 atom stereocenters. The number of esters is 4. The van der Waals surface area contributed by atoms with Gasteiger partial charge < -0.3 is 33.8 Å². The zero-order valence-corrected chi connectivity index (χ0v) is 58.1. The van der Waals surface area contributed by atoms with Gasteiger partial charge in [-0.15, -0.1) is 0 Å². The Bertz CT molecular complexity index is 1700. The Labute approximate surface area is 530 Å². The quantitative estimate of drug-likeness (QED) is 0.0222. The predicted octanol–water partition coefficient (Wildman–Crippen LogP) is 19.2. The molecule has 0 fully saturated rings. The van der Waals surface area contributed by atoms with E-state index in [1.165, 1.54) is 161 Å². The average Bonchev–Trinajstić information content (AvgIpc) is 3.69. The summed E-state index contributed by atoms with van der Waals surface area (Å²) in [6, 6.07) is 0. The molecule has 516 valence electrons. The summed E-state index contributed by atoms with van der Waals surface area (Å²) in [5.74, 6) is -0.573. The first-order valence-electron chi connectivity index (χ1n) is 35.5. The van der Waals surface area contributed by atoms with E-state index in [1.54, 1.807) is 0 Å². The molecular formula is C68H132O17P2. The van der Waals surface area contributed by atoms with Crippen molar-refractivity contribution in [2.24, 2.45) is 11.8 Å². The Morgan fingerprint density at radius 3 is 0.874 bits per heavy atom. The molecule has 0 radical (unpaired) electrons. The molecule has 0 heterocycles. The summed E-state index contributed by atoms with van der Waals surface area (Å²) in [7, 11) is -9.89. The minimum Gasteiger partial charge on any atom is -0.462 e. The normalized spacial score (nSPS) is 14.5. The molecule has 0 saturated carbocycles. The fraction of sp³-hybridized carbons (Fsp3) is 0.941. The third kappa shape index (κ3) is 61.3. The van der Waals surface area contributed by atoms with Crippen LogP contribution in [0.2, 0.25) is 0 Å². The molecule has 87 heavy (non-hydrogen) atoms. The maximum atomic E-state index is 13.0. The van der Waals surface area contributed by atoms with Gasteiger partial charge in [0, 0.05) is 25.7 Å². The van der Waals surface area contributed by atoms with Crippen molar-refractivity contribution < 1.29 is 80.2 Å². The average molecular weight is 1280 g/mol. The van der Waals surface area contributed by atoms with Crippen LogP contribution in [0.3, 0.4) is 0 Å². The lowest BCUT2D eigenvalue weighted by molar-refractivity contribution is -0.161. The van der Waals surface area contributed by atoms with Crippen molar-refractivity contribution in [1.82, 2.24) is 0 Å². The van der Waals surface area contributed by atoms with Gasteiger partial charge in [-0.1, -0.05) is 292 Å². The van der Waals surface area contributed by atoms with Gasteiger partial charge in [0.15, 0.2) is 12.2 Å². The predicted molar refractivity (Wildman–Crippen MR) is 349 cm³/mol. The van der Waals surface area contributed by atoms with Crippen molar-refractivity contribution in [2.45, 2.75) is 362 Å². The molecule has 0 aromatic carbocycles. The van der Waals surface area contributed by atoms with E-state index in [0.717, 1.165) is 102 Å². The molecule has 3 N–H and O–H groups in total. The highest BCUT2D eigenvalue weighted by Crippen LogP contribution is 2.45. The fourth-order valence-electron chi connectivity index (χ4n) is 10.2. The van der Waals surface area contributed by atoms with E-state index < -0.39 is 97.5 Å². The first-order chi connectivity index (χ1) is 41.9. The standard InChI is InChI=1S/C68H132O17P2/c1-7-10-12-14-16-18-21-26-34-40-46-52-67(72)84-63(56-78-65(70)50-44-38-32-24-17-15-13-11-8-2)58-82-86(74,75)80-54-62(69)55-81-87(76,77)83-59-64(57-79-66(71)51-45-39-33-29-28-31-37-43-49-61(6)9-3)85-68(73)53-47-41-35-27-23-20-19-22-25-30-36-42-48-60(4)5/h60-64,69H,7-59H2,1-6H3,(H,74,75)(H,76,77)/t61?,62-,63+,64+/m0/s1. The molecule has 0 rings (SSSR count). The summed E-state index contributed by atoms with van der Waals surface area (Å²) < 4.78 is 68.2. The number of hydrogen-bond acceptors (Lipinski definition) is 15. The molecule has 19 heteroatoms. The number of phosphoric ester groups is 2. The fourth-order valence-corrected chi connectivity index (χ4v) is 11.8. The first-order valence-corrected chi connectivity index (χ1v) is 38.5. The van der Waals surface area contributed by atoms with E-state index in [0.29, 0.717) is 25.7 Å². The zero-order chi connectivity index (χ0) is 64.3. The second-order valence-corrected chi connectivity index (χ2v) is 28.2. The Hall–Kier alpha value is -1.94. The first kappa shape index (κ1) is 85.1. The molecule has 0 saturated heterocycles. The van der Waals surface area contributed by atoms with Gasteiger partial charge in [0.1, 0.15) is 19.3 Å². The summed E-state index contributed by atoms with van der Waals surface area (Å²) in [4.78, 5) is 72.4. The second-order valence-electron chi connectivity index (χ2n) is 25.3. The van der Waals surface area contributed by atoms with Crippen LogP contribution < -0.4 is 0 Å². The maximum absolute atomic E-state index is 13.0. The Morgan fingerprint density at radius 1 is 0.333 bits per heavy atom. The van der Waals surface area contributed by atoms with Crippen LogP contribution in [0.4, 0.5) is 0 Å². The lowest BCUT2D eigenvalue weighted by atomic mass is 9.99. The van der Waals surface area contributed by atoms with Gasteiger partial charge in [0.2, 0.25) is 0 Å². The molecule has 0 bridgehead atoms. The van der Waals surface area contributed by atoms with Crippen molar-refractivity contribution in [2.75, 3.05) is 39.6 Å². The Morgan fingerprint density at radius 2 is 0.586 bits per heavy atom. The van der Waals surface area contributed by atoms with Crippen molar-refractivity contribution >= 4 is 39.5 Å². The summed E-state index contributed by atoms with van der Waals surface area (Å²) in [6.45, 7) is 9.53. The third-order valence-electron chi connectivity index (χ3n) is 16.1. The van der Waals surface area contributed by atoms with Gasteiger partial charge >= 0.3 is 39.5 Å². The van der Waals surface area contributed by atoms with Crippen LogP contribution in [-0.4, -0.2) is 96.7 Å². The second kappa shape index (κ2) is 60.3. The van der Waals surface area contributed by atoms with E-state index in [4.69, 9.17) is 37.0 Å². The van der Waals surface area contributed by atoms with Crippen molar-refractivity contribution in [3.63, 3.8) is 0 Å². The smallest absolute Gasteiger partial charge is 0.462 e. The molecule has 0 aliphatic heterocycles. The van der Waals surface area contributed by atoms with Crippen molar-refractivity contribution in [3.05, 3.63) is 0 Å². The number of carbonyl (C=O) groups is 4. The number of aliphatic hydroxyl groups excluding tert-OH is 1. The molecule has 17 nitrogen and oxygen atoms in total. The van der Waals surface area contributed by atoms with Gasteiger partial charge in [0.25, 0.3) is 0 Å². The van der Waals surface area contributed by atoms with E-state index in [-0.39, 0.29) is 25.7 Å². The number of carbonyl (C=O) groups excluding carboxylic acids is 4. The molecule has 0 spiro atoms. The molecule has 0 aliphatic rings. The van der Waals surface area contributed by atoms with E-state index in [1.807, 2.05) is 0 Å². The Balaban J connectivity index is 5.24. The van der Waals surface area contributed by atoms with Crippen molar-refractivity contribution in [3.8, 4) is 0 Å². The van der Waals surface area contributed by atoms with Crippen LogP contribution >= 0.6 is 15.6 Å². The lowest BCUT2D eigenvalue weighted by Gasteiger charge is -2.21. The number of hydrogen-bond donors (Lipinski definition) is 3. The number of ether oxygens (including phenoxy) is 4. The lowest BCUT2D eigenvalue weighted by Crippen LogP contribution is -2.30. The molecule has 0 aromatic heterocycles. The van der Waals surface area contributed by atoms with Gasteiger partial charge in [-0.05, 0) is 37.5 Å². The van der Waals surface area contributed by atoms with Crippen LogP contribution in [0, 0.1) is 11.8 Å². The van der Waals surface area contributed by atoms with Crippen molar-refractivity contribution in [1.29, 1.82) is 0 Å². The highest BCUT2D eigenvalue weighted by Gasteiger charge is 2.30. The van der Waals surface area contributed by atoms with Crippen LogP contribution in [0.1, 0.15) is 343 Å². The largest absolute Gasteiger partial charge is 0.472 e. The van der Waals surface area contributed by atoms with Crippen LogP contribution in [-0.2, 0) is 65.4 Å². The molecular weight excluding hydrogens is 1150 g/mol. The number of rotatable bonds is 67. The van der Waals surface area contributed by atoms with Crippen LogP contribution in [0.15, 0.2) is 0 Å². The molecule has 0 aliphatic carbocycles. The summed E-state index contributed by atoms with van der Waals surface area (Å²) in [5.41, 5.74) is 0. The number of aliphatic hydroxyl groups is 1. The molecule has 3 unspecified atom stereocenters. The van der Waals surface area contributed by atoms with Gasteiger partial charge in [-0.2, -0.15) is 0 Å². The maximum Gasteiger partial charge on any atom is 0.472 e. The van der Waals surface area contributed by atoms with Gasteiger partial charge in [-0.25, -0.2) is 9.13 Å². The third-order valence-corrected chi connectivity index (χ3v) is 18.0. The van der Waals surface area contributed by atoms with E-state index in [9.17, 15) is 43.2 Å². The SMILES string of the molecule is CCCCCCCCCCCCCC(=O)O[C@H](COC(=O)CCCCCCCCCCC)COP(=O)(O)OC[C@H](O)COP(=O)(O)OC[C@@H](COC(=O)CCCCCCCCCCC(C)CC)OC(=O)CCCCCCCCCCCCCCC(C)C. The van der Waals surface area contributed by atoms with Crippen LogP contribution in [0.25, 0.3) is 0 Å². The summed E-state index contributed by atoms with van der Waals surface area (Å²) in [5, 5.41) is 10.6. The highest BCUT2D eigenvalue weighted by atomic mass is 31.2. The van der Waals surface area contributed by atoms with E-state index in [2.05, 4.69) is 41.5 Å². The van der Waals surface area contributed by atoms with Gasteiger partial charge in [0.05, 0.1) is 26.4 Å². The minimum absolute atomic E-state index is 0.106. The van der Waals surface area contributed by atoms with Gasteiger partial charge in [-0.3, -0.25) is 37.3 Å².